The molecule has 4 bridgehead atoms. The molecule has 4 aliphatic carbocycles. The summed E-state index contributed by atoms with van der Waals surface area (Å²) < 4.78 is 0. The first-order valence-electron chi connectivity index (χ1n) is 6.19. The molecule has 2 nitrogen and oxygen atoms in total. The van der Waals surface area contributed by atoms with Crippen LogP contribution >= 0.6 is 0 Å². The number of rotatable bonds is 2. The monoisotopic (exact) mass is 203 g/mol. The maximum absolute atomic E-state index is 11.2. The van der Waals surface area contributed by atoms with Crippen molar-refractivity contribution < 1.29 is 4.79 Å². The van der Waals surface area contributed by atoms with Gasteiger partial charge >= 0.3 is 0 Å². The van der Waals surface area contributed by atoms with Gasteiger partial charge in [-0.25, -0.2) is 0 Å². The largest absolute Gasteiger partial charge is 0.283 e. The summed E-state index contributed by atoms with van der Waals surface area (Å²) in [7, 11) is 0. The van der Waals surface area contributed by atoms with Gasteiger partial charge in [0.2, 0.25) is 5.78 Å². The van der Waals surface area contributed by atoms with Gasteiger partial charge in [-0.1, -0.05) is 0 Å². The first-order chi connectivity index (χ1) is 7.26. The van der Waals surface area contributed by atoms with E-state index in [0.717, 1.165) is 23.7 Å². The average Bonchev–Trinajstić information content (AvgIpc) is 2.22. The molecule has 0 aromatic heterocycles. The molecule has 4 fully saturated rings. The Morgan fingerprint density at radius 2 is 1.60 bits per heavy atom. The second-order valence-corrected chi connectivity index (χ2v) is 5.83. The molecule has 15 heavy (non-hydrogen) atoms. The van der Waals surface area contributed by atoms with E-state index < -0.39 is 0 Å². The van der Waals surface area contributed by atoms with E-state index in [9.17, 15) is 4.79 Å². The van der Waals surface area contributed by atoms with Crippen LogP contribution in [0.15, 0.2) is 0 Å². The fourth-order valence-corrected chi connectivity index (χ4v) is 4.63. The van der Waals surface area contributed by atoms with Crippen molar-refractivity contribution >= 4 is 5.78 Å². The molecular weight excluding hydrogens is 186 g/mol. The summed E-state index contributed by atoms with van der Waals surface area (Å²) in [6.07, 6.45) is 7.37. The number of hydrogen-bond acceptors (Lipinski definition) is 2. The van der Waals surface area contributed by atoms with Crippen molar-refractivity contribution in [2.75, 3.05) is 0 Å². The van der Waals surface area contributed by atoms with E-state index in [1.54, 1.807) is 6.07 Å². The van der Waals surface area contributed by atoms with Crippen molar-refractivity contribution in [1.82, 2.24) is 0 Å². The van der Waals surface area contributed by atoms with Gasteiger partial charge < -0.3 is 0 Å². The summed E-state index contributed by atoms with van der Waals surface area (Å²) >= 11 is 0. The summed E-state index contributed by atoms with van der Waals surface area (Å²) in [5.74, 6) is 3.84. The zero-order valence-corrected chi connectivity index (χ0v) is 8.98. The fraction of sp³-hybridized carbons (Fsp3) is 0.846. The molecule has 0 saturated heterocycles. The molecule has 4 rings (SSSR count). The van der Waals surface area contributed by atoms with Gasteiger partial charge in [-0.3, -0.25) is 4.79 Å². The number of hydrogen-bond donors (Lipinski definition) is 0. The molecule has 4 saturated carbocycles. The maximum Gasteiger partial charge on any atom is 0.232 e. The van der Waals surface area contributed by atoms with Crippen LogP contribution in [0.1, 0.15) is 38.5 Å². The van der Waals surface area contributed by atoms with Crippen molar-refractivity contribution in [3.63, 3.8) is 0 Å². The fourth-order valence-electron chi connectivity index (χ4n) is 4.63. The number of nitrogens with zero attached hydrogens (tertiary/aromatic N) is 1. The van der Waals surface area contributed by atoms with Gasteiger partial charge in [-0.2, -0.15) is 5.26 Å². The quantitative estimate of drug-likeness (QED) is 0.647. The van der Waals surface area contributed by atoms with Crippen LogP contribution in [0.3, 0.4) is 0 Å². The summed E-state index contributed by atoms with van der Waals surface area (Å²) in [4.78, 5) is 11.2. The molecule has 4 aliphatic rings. The molecule has 0 atom stereocenters. The zero-order valence-electron chi connectivity index (χ0n) is 8.98. The predicted octanol–water partition coefficient (Wildman–Crippen LogP) is 2.54. The summed E-state index contributed by atoms with van der Waals surface area (Å²) in [5.41, 5.74) is 0. The summed E-state index contributed by atoms with van der Waals surface area (Å²) in [6, 6.07) is 1.79. The minimum absolute atomic E-state index is 0.188. The third-order valence-corrected chi connectivity index (χ3v) is 4.97. The molecule has 0 unspecified atom stereocenters. The molecule has 0 heterocycles. The normalized spacial score (nSPS) is 46.5. The SMILES string of the molecule is N#CC(=O)CC1C2CC3CC(C2)CC1C3. The van der Waals surface area contributed by atoms with Crippen molar-refractivity contribution in [2.24, 2.45) is 29.6 Å². The molecule has 0 aliphatic heterocycles. The van der Waals surface area contributed by atoms with E-state index in [-0.39, 0.29) is 5.78 Å². The zero-order chi connectivity index (χ0) is 10.4. The smallest absolute Gasteiger partial charge is 0.232 e. The first-order valence-corrected chi connectivity index (χ1v) is 6.19. The summed E-state index contributed by atoms with van der Waals surface area (Å²) in [5, 5.41) is 8.59. The van der Waals surface area contributed by atoms with Crippen LogP contribution in [0.4, 0.5) is 0 Å². The Hall–Kier alpha value is -0.840. The number of Topliss-reactive ketones (excluding diaryl/α,β-unsaturated/α-hetero) is 1. The van der Waals surface area contributed by atoms with Crippen molar-refractivity contribution in [2.45, 2.75) is 38.5 Å². The van der Waals surface area contributed by atoms with Crippen LogP contribution in [0, 0.1) is 40.9 Å². The predicted molar refractivity (Wildman–Crippen MR) is 55.8 cm³/mol. The van der Waals surface area contributed by atoms with Gasteiger partial charge in [0.05, 0.1) is 0 Å². The van der Waals surface area contributed by atoms with Crippen LogP contribution in [0.5, 0.6) is 0 Å². The third-order valence-electron chi connectivity index (χ3n) is 4.97. The summed E-state index contributed by atoms with van der Waals surface area (Å²) in [6.45, 7) is 0. The highest BCUT2D eigenvalue weighted by atomic mass is 16.1. The lowest BCUT2D eigenvalue weighted by Gasteiger charge is -2.54. The molecule has 80 valence electrons. The van der Waals surface area contributed by atoms with Crippen molar-refractivity contribution in [3.8, 4) is 6.07 Å². The number of carbonyl (C=O) groups excluding carboxylic acids is 1. The van der Waals surface area contributed by atoms with Gasteiger partial charge in [0.15, 0.2) is 0 Å². The average molecular weight is 203 g/mol. The Balaban J connectivity index is 1.75. The number of carbonyl (C=O) groups is 1. The standard InChI is InChI=1S/C13H17NO/c14-7-12(15)6-13-10-2-8-1-9(4-10)5-11(13)3-8/h8-11,13H,1-6H2. The van der Waals surface area contributed by atoms with Crippen LogP contribution in [-0.2, 0) is 4.79 Å². The van der Waals surface area contributed by atoms with E-state index in [4.69, 9.17) is 5.26 Å². The lowest BCUT2D eigenvalue weighted by molar-refractivity contribution is -0.119. The van der Waals surface area contributed by atoms with Gasteiger partial charge in [0, 0.05) is 6.42 Å². The maximum atomic E-state index is 11.2. The van der Waals surface area contributed by atoms with Gasteiger partial charge in [-0.15, -0.1) is 0 Å². The van der Waals surface area contributed by atoms with Crippen LogP contribution < -0.4 is 0 Å². The van der Waals surface area contributed by atoms with E-state index in [0.29, 0.717) is 12.3 Å². The van der Waals surface area contributed by atoms with Gasteiger partial charge in [0.1, 0.15) is 6.07 Å². The van der Waals surface area contributed by atoms with E-state index in [2.05, 4.69) is 0 Å². The highest BCUT2D eigenvalue weighted by molar-refractivity contribution is 5.93. The third kappa shape index (κ3) is 1.49. The van der Waals surface area contributed by atoms with Crippen molar-refractivity contribution in [3.05, 3.63) is 0 Å². The van der Waals surface area contributed by atoms with Crippen LogP contribution in [-0.4, -0.2) is 5.78 Å². The first kappa shape index (κ1) is 9.39. The minimum Gasteiger partial charge on any atom is -0.283 e. The lowest BCUT2D eigenvalue weighted by Crippen LogP contribution is -2.45. The van der Waals surface area contributed by atoms with Gasteiger partial charge in [0.25, 0.3) is 0 Å². The Labute approximate surface area is 90.7 Å². The highest BCUT2D eigenvalue weighted by Crippen LogP contribution is 2.57. The second kappa shape index (κ2) is 3.33. The molecule has 2 heteroatoms. The molecule has 0 radical (unpaired) electrons. The molecule has 0 spiro atoms. The Morgan fingerprint density at radius 3 is 2.07 bits per heavy atom. The highest BCUT2D eigenvalue weighted by Gasteiger charge is 2.48. The Morgan fingerprint density at radius 1 is 1.07 bits per heavy atom. The van der Waals surface area contributed by atoms with E-state index >= 15 is 0 Å². The minimum atomic E-state index is -0.188. The second-order valence-electron chi connectivity index (χ2n) is 5.83. The molecule has 0 amide bonds. The van der Waals surface area contributed by atoms with Crippen LogP contribution in [0.2, 0.25) is 0 Å². The topological polar surface area (TPSA) is 40.9 Å². The molecular formula is C13H17NO. The Bertz CT molecular complexity index is 300. The number of ketones is 1. The van der Waals surface area contributed by atoms with Crippen LogP contribution in [0.25, 0.3) is 0 Å². The Kier molecular flexibility index (Phi) is 2.09. The molecule has 0 aromatic carbocycles. The van der Waals surface area contributed by atoms with Crippen molar-refractivity contribution in [1.29, 1.82) is 5.26 Å². The lowest BCUT2D eigenvalue weighted by atomic mass is 9.51. The number of nitriles is 1. The molecule has 0 aromatic rings. The van der Waals surface area contributed by atoms with Gasteiger partial charge in [-0.05, 0) is 61.7 Å². The van der Waals surface area contributed by atoms with E-state index in [1.165, 1.54) is 32.1 Å². The molecule has 0 N–H and O–H groups in total. The van der Waals surface area contributed by atoms with E-state index in [1.807, 2.05) is 0 Å².